The van der Waals surface area contributed by atoms with Gasteiger partial charge in [-0.15, -0.1) is 0 Å². The third kappa shape index (κ3) is 3.87. The number of nitrogens with one attached hydrogen (secondary N) is 1. The van der Waals surface area contributed by atoms with Crippen molar-refractivity contribution >= 4 is 11.7 Å². The van der Waals surface area contributed by atoms with E-state index >= 15 is 0 Å². The Kier molecular flexibility index (Phi) is 5.82. The number of anilines is 1. The minimum atomic E-state index is -0.679. The van der Waals surface area contributed by atoms with Gasteiger partial charge in [-0.2, -0.15) is 0 Å². The first-order chi connectivity index (χ1) is 9.46. The first-order valence-electron chi connectivity index (χ1n) is 6.59. The minimum absolute atomic E-state index is 0.251. The smallest absolute Gasteiger partial charge is 0.325 e. The molecule has 1 aromatic carbocycles. The topological polar surface area (TPSA) is 50.8 Å². The molecule has 0 radical (unpaired) electrons. The van der Waals surface area contributed by atoms with Gasteiger partial charge in [-0.25, -0.2) is 0 Å². The molecule has 5 nitrogen and oxygen atoms in total. The van der Waals surface area contributed by atoms with Gasteiger partial charge in [0.05, 0.1) is 14.2 Å². The molecule has 112 valence electrons. The van der Waals surface area contributed by atoms with Gasteiger partial charge in [-0.3, -0.25) is 4.79 Å². The van der Waals surface area contributed by atoms with Gasteiger partial charge >= 0.3 is 5.97 Å². The van der Waals surface area contributed by atoms with Crippen molar-refractivity contribution in [3.8, 4) is 5.75 Å². The van der Waals surface area contributed by atoms with E-state index in [0.29, 0.717) is 6.42 Å². The lowest BCUT2D eigenvalue weighted by atomic mass is 9.98. The Morgan fingerprint density at radius 1 is 1.40 bits per heavy atom. The molecule has 0 saturated heterocycles. The molecule has 1 aromatic rings. The Hall–Kier alpha value is -1.75. The van der Waals surface area contributed by atoms with Crippen molar-refractivity contribution in [2.24, 2.45) is 0 Å². The summed E-state index contributed by atoms with van der Waals surface area (Å²) in [7, 11) is 6.81. The molecule has 0 fully saturated rings. The predicted molar refractivity (Wildman–Crippen MR) is 80.4 cm³/mol. The molecule has 0 spiro atoms. The fourth-order valence-corrected chi connectivity index (χ4v) is 1.92. The second-order valence-electron chi connectivity index (χ2n) is 4.95. The summed E-state index contributed by atoms with van der Waals surface area (Å²) < 4.78 is 10.1. The zero-order chi connectivity index (χ0) is 15.2. The van der Waals surface area contributed by atoms with E-state index < -0.39 is 5.54 Å². The van der Waals surface area contributed by atoms with Crippen LogP contribution in [0.1, 0.15) is 13.3 Å². The summed E-state index contributed by atoms with van der Waals surface area (Å²) in [6.07, 6.45) is 0.643. The van der Waals surface area contributed by atoms with Crippen molar-refractivity contribution in [1.29, 1.82) is 0 Å². The monoisotopic (exact) mass is 280 g/mol. The Morgan fingerprint density at radius 2 is 2.10 bits per heavy atom. The van der Waals surface area contributed by atoms with Crippen LogP contribution in [0.15, 0.2) is 24.3 Å². The summed E-state index contributed by atoms with van der Waals surface area (Å²) in [6, 6.07) is 7.83. The highest BCUT2D eigenvalue weighted by molar-refractivity contribution is 5.80. The SMILES string of the molecule is CNC(C)(CCN(C)c1cccc(OC)c1)C(=O)OC. The lowest BCUT2D eigenvalue weighted by Gasteiger charge is -2.29. The number of benzene rings is 1. The average molecular weight is 280 g/mol. The Bertz CT molecular complexity index is 450. The molecule has 0 heterocycles. The Labute approximate surface area is 120 Å². The third-order valence-corrected chi connectivity index (χ3v) is 3.63. The van der Waals surface area contributed by atoms with Crippen LogP contribution in [-0.2, 0) is 9.53 Å². The lowest BCUT2D eigenvalue weighted by molar-refractivity contribution is -0.147. The van der Waals surface area contributed by atoms with Crippen LogP contribution in [0.25, 0.3) is 0 Å². The van der Waals surface area contributed by atoms with Crippen LogP contribution < -0.4 is 15.0 Å². The van der Waals surface area contributed by atoms with Gasteiger partial charge < -0.3 is 19.7 Å². The van der Waals surface area contributed by atoms with E-state index in [2.05, 4.69) is 10.2 Å². The van der Waals surface area contributed by atoms with E-state index in [1.165, 1.54) is 7.11 Å². The maximum atomic E-state index is 11.8. The first-order valence-corrected chi connectivity index (χ1v) is 6.59. The van der Waals surface area contributed by atoms with Crippen molar-refractivity contribution in [3.05, 3.63) is 24.3 Å². The van der Waals surface area contributed by atoms with E-state index in [4.69, 9.17) is 9.47 Å². The van der Waals surface area contributed by atoms with E-state index in [1.54, 1.807) is 14.2 Å². The maximum Gasteiger partial charge on any atom is 0.325 e. The predicted octanol–water partition coefficient (Wildman–Crippen LogP) is 1.67. The zero-order valence-corrected chi connectivity index (χ0v) is 12.9. The quantitative estimate of drug-likeness (QED) is 0.770. The molecule has 0 aromatic heterocycles. The number of carbonyl (C=O) groups excluding carboxylic acids is 1. The molecule has 1 rings (SSSR count). The van der Waals surface area contributed by atoms with E-state index in [9.17, 15) is 4.79 Å². The largest absolute Gasteiger partial charge is 0.497 e. The van der Waals surface area contributed by atoms with Crippen LogP contribution in [-0.4, -0.2) is 46.4 Å². The van der Waals surface area contributed by atoms with Crippen molar-refractivity contribution in [2.45, 2.75) is 18.9 Å². The van der Waals surface area contributed by atoms with Crippen molar-refractivity contribution in [2.75, 3.05) is 39.8 Å². The van der Waals surface area contributed by atoms with Crippen molar-refractivity contribution < 1.29 is 14.3 Å². The van der Waals surface area contributed by atoms with Gasteiger partial charge in [0.2, 0.25) is 0 Å². The maximum absolute atomic E-state index is 11.8. The highest BCUT2D eigenvalue weighted by atomic mass is 16.5. The van der Waals surface area contributed by atoms with Crippen LogP contribution >= 0.6 is 0 Å². The van der Waals surface area contributed by atoms with E-state index in [1.807, 2.05) is 38.2 Å². The summed E-state index contributed by atoms with van der Waals surface area (Å²) in [5, 5.41) is 3.03. The Balaban J connectivity index is 2.70. The van der Waals surface area contributed by atoms with Gasteiger partial charge in [-0.1, -0.05) is 6.07 Å². The fraction of sp³-hybridized carbons (Fsp3) is 0.533. The number of methoxy groups -OCH3 is 2. The second-order valence-corrected chi connectivity index (χ2v) is 4.95. The summed E-state index contributed by atoms with van der Waals surface area (Å²) in [4.78, 5) is 13.9. The van der Waals surface area contributed by atoms with Gasteiger partial charge in [0.15, 0.2) is 0 Å². The van der Waals surface area contributed by atoms with Crippen LogP contribution in [0.3, 0.4) is 0 Å². The molecule has 0 bridgehead atoms. The molecule has 0 amide bonds. The number of carbonyl (C=O) groups is 1. The van der Waals surface area contributed by atoms with E-state index in [0.717, 1.165) is 18.0 Å². The first kappa shape index (κ1) is 16.3. The second kappa shape index (κ2) is 7.14. The van der Waals surface area contributed by atoms with Crippen LogP contribution in [0.5, 0.6) is 5.75 Å². The molecule has 1 atom stereocenters. The molecular weight excluding hydrogens is 256 g/mol. The number of hydrogen-bond acceptors (Lipinski definition) is 5. The molecule has 1 N–H and O–H groups in total. The summed E-state index contributed by atoms with van der Waals surface area (Å²) in [5.74, 6) is 0.567. The number of esters is 1. The number of likely N-dealkylation sites (N-methyl/N-ethyl adjacent to an activating group) is 1. The third-order valence-electron chi connectivity index (χ3n) is 3.63. The molecule has 20 heavy (non-hydrogen) atoms. The van der Waals surface area contributed by atoms with Crippen molar-refractivity contribution in [1.82, 2.24) is 5.32 Å². The molecule has 0 aliphatic heterocycles. The molecule has 0 aliphatic carbocycles. The molecule has 1 unspecified atom stereocenters. The van der Waals surface area contributed by atoms with Gasteiger partial charge in [0.25, 0.3) is 0 Å². The van der Waals surface area contributed by atoms with Crippen LogP contribution in [0.4, 0.5) is 5.69 Å². The number of nitrogens with zero attached hydrogens (tertiary/aromatic N) is 1. The summed E-state index contributed by atoms with van der Waals surface area (Å²) in [6.45, 7) is 2.57. The molecular formula is C15H24N2O3. The highest BCUT2D eigenvalue weighted by Crippen LogP contribution is 2.21. The number of rotatable bonds is 7. The van der Waals surface area contributed by atoms with Crippen LogP contribution in [0.2, 0.25) is 0 Å². The minimum Gasteiger partial charge on any atom is -0.497 e. The Morgan fingerprint density at radius 3 is 2.65 bits per heavy atom. The average Bonchev–Trinajstić information content (AvgIpc) is 2.51. The fourth-order valence-electron chi connectivity index (χ4n) is 1.92. The highest BCUT2D eigenvalue weighted by Gasteiger charge is 2.32. The zero-order valence-electron chi connectivity index (χ0n) is 12.9. The lowest BCUT2D eigenvalue weighted by Crippen LogP contribution is -2.50. The normalized spacial score (nSPS) is 13.4. The van der Waals surface area contributed by atoms with E-state index in [-0.39, 0.29) is 5.97 Å². The standard InChI is InChI=1S/C15H24N2O3/c1-15(16-2,14(18)20-5)9-10-17(3)12-7-6-8-13(11-12)19-4/h6-8,11,16H,9-10H2,1-5H3. The molecule has 0 saturated carbocycles. The number of hydrogen-bond donors (Lipinski definition) is 1. The summed E-state index contributed by atoms with van der Waals surface area (Å²) in [5.41, 5.74) is 0.370. The molecule has 0 aliphatic rings. The van der Waals surface area contributed by atoms with Gasteiger partial charge in [-0.05, 0) is 32.5 Å². The summed E-state index contributed by atoms with van der Waals surface area (Å²) >= 11 is 0. The van der Waals surface area contributed by atoms with Gasteiger partial charge in [0.1, 0.15) is 11.3 Å². The van der Waals surface area contributed by atoms with Crippen LogP contribution in [0, 0.1) is 0 Å². The number of ether oxygens (including phenoxy) is 2. The van der Waals surface area contributed by atoms with Gasteiger partial charge in [0, 0.05) is 25.3 Å². The van der Waals surface area contributed by atoms with Crippen molar-refractivity contribution in [3.63, 3.8) is 0 Å². The molecule has 5 heteroatoms.